The Morgan fingerprint density at radius 1 is 1.03 bits per heavy atom. The van der Waals surface area contributed by atoms with Gasteiger partial charge in [0.15, 0.2) is 0 Å². The van der Waals surface area contributed by atoms with Gasteiger partial charge in [0.05, 0.1) is 25.6 Å². The summed E-state index contributed by atoms with van der Waals surface area (Å²) in [6.45, 7) is 0.327. The first-order valence-electron chi connectivity index (χ1n) is 9.99. The van der Waals surface area contributed by atoms with Gasteiger partial charge in [-0.3, -0.25) is 19.4 Å². The number of ether oxygens (including phenoxy) is 2. The maximum Gasteiger partial charge on any atom is 0.269 e. The first-order valence-corrected chi connectivity index (χ1v) is 9.99. The Morgan fingerprint density at radius 3 is 2.59 bits per heavy atom. The number of methoxy groups -OCH3 is 2. The van der Waals surface area contributed by atoms with Gasteiger partial charge in [0.2, 0.25) is 0 Å². The van der Waals surface area contributed by atoms with Crippen LogP contribution in [0.1, 0.15) is 16.1 Å². The third-order valence-corrected chi connectivity index (χ3v) is 5.08. The summed E-state index contributed by atoms with van der Waals surface area (Å²) in [4.78, 5) is 21.5. The minimum Gasteiger partial charge on any atom is -0.497 e. The summed E-state index contributed by atoms with van der Waals surface area (Å²) in [5.41, 5.74) is 4.45. The minimum atomic E-state index is -0.238. The molecule has 0 radical (unpaired) electrons. The Hall–Kier alpha value is -4.20. The van der Waals surface area contributed by atoms with Gasteiger partial charge in [-0.05, 0) is 48.0 Å². The third kappa shape index (κ3) is 4.29. The number of carbonyl (C=O) groups excluding carboxylic acids is 1. The van der Waals surface area contributed by atoms with Gasteiger partial charge in [-0.15, -0.1) is 0 Å². The molecule has 1 amide bonds. The van der Waals surface area contributed by atoms with E-state index in [4.69, 9.17) is 9.47 Å². The fraction of sp³-hybridized carbons (Fsp3) is 0.167. The summed E-state index contributed by atoms with van der Waals surface area (Å²) in [7, 11) is 4.93. The topological polar surface area (TPSA) is 91.2 Å². The zero-order valence-electron chi connectivity index (χ0n) is 18.1. The lowest BCUT2D eigenvalue weighted by molar-refractivity contribution is 0.0941. The summed E-state index contributed by atoms with van der Waals surface area (Å²) in [5, 5.41) is 7.48. The van der Waals surface area contributed by atoms with Gasteiger partial charge in [0, 0.05) is 43.3 Å². The van der Waals surface area contributed by atoms with Crippen LogP contribution in [-0.2, 0) is 13.6 Å². The Bertz CT molecular complexity index is 1240. The Kier molecular flexibility index (Phi) is 6.12. The number of aromatic nitrogens is 4. The highest BCUT2D eigenvalue weighted by molar-refractivity contribution is 5.94. The number of nitrogens with one attached hydrogen (secondary N) is 1. The van der Waals surface area contributed by atoms with Crippen LogP contribution in [-0.4, -0.2) is 39.9 Å². The predicted octanol–water partition coefficient (Wildman–Crippen LogP) is 3.49. The molecule has 1 N–H and O–H groups in total. The average molecular weight is 429 g/mol. The van der Waals surface area contributed by atoms with Crippen molar-refractivity contribution < 1.29 is 14.3 Å². The summed E-state index contributed by atoms with van der Waals surface area (Å²) in [5.74, 6) is 1.09. The molecule has 0 fully saturated rings. The van der Waals surface area contributed by atoms with E-state index >= 15 is 0 Å². The molecule has 8 heteroatoms. The number of nitrogens with zero attached hydrogens (tertiary/aromatic N) is 4. The highest BCUT2D eigenvalue weighted by atomic mass is 16.5. The van der Waals surface area contributed by atoms with Crippen LogP contribution in [0.15, 0.2) is 67.1 Å². The van der Waals surface area contributed by atoms with Crippen molar-refractivity contribution in [1.29, 1.82) is 0 Å². The maximum absolute atomic E-state index is 13.0. The zero-order chi connectivity index (χ0) is 22.5. The Labute approximate surface area is 185 Å². The van der Waals surface area contributed by atoms with Gasteiger partial charge < -0.3 is 14.8 Å². The second kappa shape index (κ2) is 9.30. The van der Waals surface area contributed by atoms with Crippen molar-refractivity contribution in [1.82, 2.24) is 25.1 Å². The number of pyridine rings is 2. The molecule has 0 aliphatic carbocycles. The van der Waals surface area contributed by atoms with E-state index in [0.29, 0.717) is 29.4 Å². The molecule has 0 unspecified atom stereocenters. The van der Waals surface area contributed by atoms with Crippen LogP contribution in [0.5, 0.6) is 11.5 Å². The van der Waals surface area contributed by atoms with E-state index in [1.807, 2.05) is 42.5 Å². The number of rotatable bonds is 7. The van der Waals surface area contributed by atoms with Crippen LogP contribution in [0.3, 0.4) is 0 Å². The molecular formula is C24H23N5O3. The molecule has 0 saturated carbocycles. The number of benzene rings is 1. The van der Waals surface area contributed by atoms with Crippen molar-refractivity contribution in [3.05, 3.63) is 78.4 Å². The zero-order valence-corrected chi connectivity index (χ0v) is 18.1. The SMILES string of the molecule is COc1ccc(OC)c(-c2cc(C(=O)NCc3cccnc3-c3ccncc3)n(C)n2)c1. The molecule has 0 aliphatic rings. The monoisotopic (exact) mass is 429 g/mol. The van der Waals surface area contributed by atoms with E-state index in [1.54, 1.807) is 50.6 Å². The highest BCUT2D eigenvalue weighted by Gasteiger charge is 2.18. The molecule has 8 nitrogen and oxygen atoms in total. The van der Waals surface area contributed by atoms with E-state index in [9.17, 15) is 4.79 Å². The Morgan fingerprint density at radius 2 is 1.84 bits per heavy atom. The molecule has 4 aromatic rings. The van der Waals surface area contributed by atoms with E-state index in [1.165, 1.54) is 0 Å². The second-order valence-electron chi connectivity index (χ2n) is 7.03. The van der Waals surface area contributed by atoms with Crippen molar-refractivity contribution in [2.75, 3.05) is 14.2 Å². The molecule has 3 aromatic heterocycles. The van der Waals surface area contributed by atoms with E-state index in [2.05, 4.69) is 20.4 Å². The summed E-state index contributed by atoms with van der Waals surface area (Å²) < 4.78 is 12.3. The van der Waals surface area contributed by atoms with Gasteiger partial charge in [-0.1, -0.05) is 6.07 Å². The van der Waals surface area contributed by atoms with Crippen LogP contribution in [0.25, 0.3) is 22.5 Å². The molecule has 0 spiro atoms. The maximum atomic E-state index is 13.0. The Balaban J connectivity index is 1.56. The van der Waals surface area contributed by atoms with Gasteiger partial charge in [-0.25, -0.2) is 0 Å². The smallest absolute Gasteiger partial charge is 0.269 e. The van der Waals surface area contributed by atoms with Crippen molar-refractivity contribution in [2.24, 2.45) is 7.05 Å². The molecule has 3 heterocycles. The fourth-order valence-electron chi connectivity index (χ4n) is 3.44. The molecule has 0 saturated heterocycles. The highest BCUT2D eigenvalue weighted by Crippen LogP contribution is 2.33. The normalized spacial score (nSPS) is 10.6. The molecular weight excluding hydrogens is 406 g/mol. The molecule has 32 heavy (non-hydrogen) atoms. The first-order chi connectivity index (χ1) is 15.6. The standard InChI is InChI=1S/C24H23N5O3/c1-29-21(14-20(28-29)19-13-18(31-2)6-7-22(19)32-3)24(30)27-15-17-5-4-10-26-23(17)16-8-11-25-12-9-16/h4-14H,15H2,1-3H3,(H,27,30). The van der Waals surface area contributed by atoms with Crippen LogP contribution >= 0.6 is 0 Å². The van der Waals surface area contributed by atoms with Crippen LogP contribution in [0.2, 0.25) is 0 Å². The number of amides is 1. The summed E-state index contributed by atoms with van der Waals surface area (Å²) in [6.07, 6.45) is 5.17. The van der Waals surface area contributed by atoms with E-state index in [0.717, 1.165) is 22.4 Å². The lowest BCUT2D eigenvalue weighted by atomic mass is 10.1. The second-order valence-corrected chi connectivity index (χ2v) is 7.03. The third-order valence-electron chi connectivity index (χ3n) is 5.08. The lowest BCUT2D eigenvalue weighted by Gasteiger charge is -2.10. The minimum absolute atomic E-state index is 0.238. The largest absolute Gasteiger partial charge is 0.497 e. The van der Waals surface area contributed by atoms with Gasteiger partial charge >= 0.3 is 0 Å². The van der Waals surface area contributed by atoms with E-state index < -0.39 is 0 Å². The van der Waals surface area contributed by atoms with E-state index in [-0.39, 0.29) is 5.91 Å². The fourth-order valence-corrected chi connectivity index (χ4v) is 3.44. The molecule has 0 aliphatic heterocycles. The number of aryl methyl sites for hydroxylation is 1. The van der Waals surface area contributed by atoms with Crippen LogP contribution in [0, 0.1) is 0 Å². The lowest BCUT2D eigenvalue weighted by Crippen LogP contribution is -2.25. The quantitative estimate of drug-likeness (QED) is 0.484. The molecule has 1 aromatic carbocycles. The number of hydrogen-bond acceptors (Lipinski definition) is 6. The molecule has 4 rings (SSSR count). The average Bonchev–Trinajstić information content (AvgIpc) is 3.24. The van der Waals surface area contributed by atoms with Crippen molar-refractivity contribution in [2.45, 2.75) is 6.54 Å². The number of hydrogen-bond donors (Lipinski definition) is 1. The predicted molar refractivity (Wildman–Crippen MR) is 120 cm³/mol. The van der Waals surface area contributed by atoms with Gasteiger partial charge in [-0.2, -0.15) is 5.10 Å². The van der Waals surface area contributed by atoms with Crippen molar-refractivity contribution in [3.63, 3.8) is 0 Å². The van der Waals surface area contributed by atoms with Crippen LogP contribution in [0.4, 0.5) is 0 Å². The van der Waals surface area contributed by atoms with Gasteiger partial charge in [0.25, 0.3) is 5.91 Å². The first kappa shape index (κ1) is 21.0. The molecule has 0 atom stereocenters. The summed E-state index contributed by atoms with van der Waals surface area (Å²) in [6, 6.07) is 14.8. The molecule has 162 valence electrons. The number of carbonyl (C=O) groups is 1. The van der Waals surface area contributed by atoms with Gasteiger partial charge in [0.1, 0.15) is 17.2 Å². The summed E-state index contributed by atoms with van der Waals surface area (Å²) >= 11 is 0. The molecule has 0 bridgehead atoms. The van der Waals surface area contributed by atoms with Crippen LogP contribution < -0.4 is 14.8 Å². The van der Waals surface area contributed by atoms with Crippen molar-refractivity contribution in [3.8, 4) is 34.0 Å². The van der Waals surface area contributed by atoms with Crippen molar-refractivity contribution >= 4 is 5.91 Å².